The summed E-state index contributed by atoms with van der Waals surface area (Å²) < 4.78 is 4.71. The van der Waals surface area contributed by atoms with Gasteiger partial charge in [0.15, 0.2) is 0 Å². The van der Waals surface area contributed by atoms with Crippen molar-refractivity contribution in [2.45, 2.75) is 11.8 Å². The fourth-order valence-electron chi connectivity index (χ4n) is 1.32. The van der Waals surface area contributed by atoms with Gasteiger partial charge in [-0.15, -0.1) is 11.8 Å². The first-order valence-electron chi connectivity index (χ1n) is 5.36. The highest BCUT2D eigenvalue weighted by atomic mass is 35.5. The van der Waals surface area contributed by atoms with Gasteiger partial charge >= 0.3 is 11.9 Å². The van der Waals surface area contributed by atoms with Gasteiger partial charge in [0.1, 0.15) is 0 Å². The monoisotopic (exact) mass is 319 g/mol. The number of non-ortho nitro benzene ring substituents is 1. The second-order valence-corrected chi connectivity index (χ2v) is 4.85. The van der Waals surface area contributed by atoms with Crippen molar-refractivity contribution in [1.29, 1.82) is 0 Å². The number of rotatable bonds is 6. The number of esters is 1. The van der Waals surface area contributed by atoms with Crippen molar-refractivity contribution < 1.29 is 24.4 Å². The number of thioether (sulfide) groups is 1. The molecule has 1 N–H and O–H groups in total. The second kappa shape index (κ2) is 7.11. The maximum atomic E-state index is 11.2. The Balaban J connectivity index is 3.08. The Morgan fingerprint density at radius 1 is 1.50 bits per heavy atom. The fourth-order valence-corrected chi connectivity index (χ4v) is 2.55. The molecule has 0 amide bonds. The van der Waals surface area contributed by atoms with Crippen LogP contribution in [0.2, 0.25) is 5.02 Å². The smallest absolute Gasteiger partial charge is 0.337 e. The van der Waals surface area contributed by atoms with Crippen LogP contribution in [0, 0.1) is 10.1 Å². The van der Waals surface area contributed by atoms with E-state index >= 15 is 0 Å². The molecule has 0 saturated heterocycles. The van der Waals surface area contributed by atoms with Crippen LogP contribution in [-0.2, 0) is 9.53 Å². The molecular formula is C11H10ClNO6S. The number of carboxylic acids is 1. The van der Waals surface area contributed by atoms with E-state index in [2.05, 4.69) is 0 Å². The number of nitrogens with zero attached hydrogens (tertiary/aromatic N) is 1. The van der Waals surface area contributed by atoms with Crippen LogP contribution in [0.5, 0.6) is 0 Å². The molecule has 108 valence electrons. The van der Waals surface area contributed by atoms with E-state index in [1.165, 1.54) is 0 Å². The largest absolute Gasteiger partial charge is 0.478 e. The number of aromatic carboxylic acids is 1. The normalized spacial score (nSPS) is 10.1. The van der Waals surface area contributed by atoms with Crippen LogP contribution in [0.25, 0.3) is 0 Å². The predicted molar refractivity (Wildman–Crippen MR) is 72.4 cm³/mol. The van der Waals surface area contributed by atoms with Gasteiger partial charge in [0.05, 0.1) is 27.9 Å². The number of hydrogen-bond acceptors (Lipinski definition) is 6. The number of nitro benzene ring substituents is 1. The van der Waals surface area contributed by atoms with Crippen LogP contribution in [0.15, 0.2) is 17.0 Å². The number of hydrogen-bond donors (Lipinski definition) is 1. The second-order valence-electron chi connectivity index (χ2n) is 3.46. The number of carboxylic acid groups (broad SMARTS) is 1. The fraction of sp³-hybridized carbons (Fsp3) is 0.273. The van der Waals surface area contributed by atoms with Gasteiger partial charge in [0.25, 0.3) is 5.69 Å². The summed E-state index contributed by atoms with van der Waals surface area (Å²) in [6, 6.07) is 1.95. The number of carbonyl (C=O) groups excluding carboxylic acids is 1. The molecule has 9 heteroatoms. The summed E-state index contributed by atoms with van der Waals surface area (Å²) in [6.45, 7) is 1.85. The van der Waals surface area contributed by atoms with Crippen molar-refractivity contribution in [3.05, 3.63) is 32.8 Å². The van der Waals surface area contributed by atoms with Crippen molar-refractivity contribution in [2.75, 3.05) is 12.4 Å². The summed E-state index contributed by atoms with van der Waals surface area (Å²) in [5.41, 5.74) is -0.744. The number of ether oxygens (including phenoxy) is 1. The summed E-state index contributed by atoms with van der Waals surface area (Å²) in [4.78, 5) is 32.4. The van der Waals surface area contributed by atoms with Gasteiger partial charge in [-0.25, -0.2) is 4.79 Å². The van der Waals surface area contributed by atoms with Gasteiger partial charge in [-0.2, -0.15) is 0 Å². The van der Waals surface area contributed by atoms with Crippen molar-refractivity contribution >= 4 is 41.0 Å². The SMILES string of the molecule is CCOC(=O)CSc1c(Cl)cc([N+](=O)[O-])cc1C(=O)O. The lowest BCUT2D eigenvalue weighted by molar-refractivity contribution is -0.384. The van der Waals surface area contributed by atoms with Crippen molar-refractivity contribution in [2.24, 2.45) is 0 Å². The van der Waals surface area contributed by atoms with Gasteiger partial charge in [0.2, 0.25) is 0 Å². The summed E-state index contributed by atoms with van der Waals surface area (Å²) in [5, 5.41) is 19.6. The van der Waals surface area contributed by atoms with Gasteiger partial charge in [-0.1, -0.05) is 11.6 Å². The molecule has 0 aliphatic heterocycles. The minimum absolute atomic E-state index is 0.0918. The molecule has 1 aromatic rings. The third kappa shape index (κ3) is 4.10. The van der Waals surface area contributed by atoms with Gasteiger partial charge in [0, 0.05) is 17.0 Å². The molecule has 20 heavy (non-hydrogen) atoms. The lowest BCUT2D eigenvalue weighted by Gasteiger charge is -2.08. The number of nitro groups is 1. The minimum Gasteiger partial charge on any atom is -0.478 e. The highest BCUT2D eigenvalue weighted by Gasteiger charge is 2.21. The quantitative estimate of drug-likeness (QED) is 0.371. The summed E-state index contributed by atoms with van der Waals surface area (Å²) in [5.74, 6) is -2.02. The zero-order valence-electron chi connectivity index (χ0n) is 10.3. The Hall–Kier alpha value is -1.80. The summed E-state index contributed by atoms with van der Waals surface area (Å²) in [7, 11) is 0. The molecular weight excluding hydrogens is 310 g/mol. The van der Waals surface area contributed by atoms with E-state index in [0.717, 1.165) is 23.9 Å². The molecule has 1 rings (SSSR count). The van der Waals surface area contributed by atoms with Crippen LogP contribution >= 0.6 is 23.4 Å². The van der Waals surface area contributed by atoms with Crippen molar-refractivity contribution in [3.8, 4) is 0 Å². The third-order valence-electron chi connectivity index (χ3n) is 2.11. The lowest BCUT2D eigenvalue weighted by atomic mass is 10.2. The highest BCUT2D eigenvalue weighted by molar-refractivity contribution is 8.00. The maximum absolute atomic E-state index is 11.2. The lowest BCUT2D eigenvalue weighted by Crippen LogP contribution is -2.08. The van der Waals surface area contributed by atoms with Crippen molar-refractivity contribution in [3.63, 3.8) is 0 Å². The Bertz CT molecular complexity index is 562. The van der Waals surface area contributed by atoms with E-state index in [9.17, 15) is 19.7 Å². The standard InChI is InChI=1S/C11H10ClNO6S/c1-2-19-9(14)5-20-10-7(11(15)16)3-6(13(17)18)4-8(10)12/h3-4H,2,5H2,1H3,(H,15,16). The van der Waals surface area contributed by atoms with E-state index in [4.69, 9.17) is 21.4 Å². The van der Waals surface area contributed by atoms with E-state index in [1.807, 2.05) is 0 Å². The zero-order chi connectivity index (χ0) is 15.3. The first-order chi connectivity index (χ1) is 9.36. The molecule has 0 aliphatic rings. The summed E-state index contributed by atoms with van der Waals surface area (Å²) in [6.07, 6.45) is 0. The number of benzene rings is 1. The molecule has 1 aromatic carbocycles. The number of carbonyl (C=O) groups is 2. The van der Waals surface area contributed by atoms with E-state index in [0.29, 0.717) is 0 Å². The molecule has 0 aliphatic carbocycles. The number of halogens is 1. The molecule has 0 saturated carbocycles. The van der Waals surface area contributed by atoms with Crippen LogP contribution in [-0.4, -0.2) is 34.3 Å². The molecule has 0 spiro atoms. The van der Waals surface area contributed by atoms with Gasteiger partial charge in [-0.3, -0.25) is 14.9 Å². The average molecular weight is 320 g/mol. The van der Waals surface area contributed by atoms with Gasteiger partial charge < -0.3 is 9.84 Å². The Kier molecular flexibility index (Phi) is 5.78. The Morgan fingerprint density at radius 2 is 2.15 bits per heavy atom. The molecule has 0 radical (unpaired) electrons. The molecule has 0 atom stereocenters. The molecule has 0 unspecified atom stereocenters. The average Bonchev–Trinajstić information content (AvgIpc) is 2.36. The highest BCUT2D eigenvalue weighted by Crippen LogP contribution is 2.34. The maximum Gasteiger partial charge on any atom is 0.337 e. The van der Waals surface area contributed by atoms with Crippen molar-refractivity contribution in [1.82, 2.24) is 0 Å². The van der Waals surface area contributed by atoms with E-state index in [-0.39, 0.29) is 27.8 Å². The van der Waals surface area contributed by atoms with E-state index < -0.39 is 22.5 Å². The molecule has 0 bridgehead atoms. The topological polar surface area (TPSA) is 107 Å². The van der Waals surface area contributed by atoms with Crippen LogP contribution in [0.4, 0.5) is 5.69 Å². The third-order valence-corrected chi connectivity index (χ3v) is 3.63. The van der Waals surface area contributed by atoms with Crippen LogP contribution < -0.4 is 0 Å². The first-order valence-corrected chi connectivity index (χ1v) is 6.72. The Morgan fingerprint density at radius 3 is 2.65 bits per heavy atom. The molecule has 7 nitrogen and oxygen atoms in total. The van der Waals surface area contributed by atoms with Gasteiger partial charge in [-0.05, 0) is 6.92 Å². The Labute approximate surface area is 123 Å². The molecule has 0 aromatic heterocycles. The minimum atomic E-state index is -1.36. The molecule has 0 heterocycles. The first kappa shape index (κ1) is 16.3. The summed E-state index contributed by atoms with van der Waals surface area (Å²) >= 11 is 6.70. The predicted octanol–water partition coefficient (Wildman–Crippen LogP) is 2.60. The van der Waals surface area contributed by atoms with Crippen LogP contribution in [0.3, 0.4) is 0 Å². The molecule has 0 fully saturated rings. The van der Waals surface area contributed by atoms with Crippen LogP contribution in [0.1, 0.15) is 17.3 Å². The van der Waals surface area contributed by atoms with E-state index in [1.54, 1.807) is 6.92 Å². The zero-order valence-corrected chi connectivity index (χ0v) is 11.9.